The van der Waals surface area contributed by atoms with Gasteiger partial charge >= 0.3 is 0 Å². The summed E-state index contributed by atoms with van der Waals surface area (Å²) in [6.45, 7) is 7.37. The first-order valence-corrected chi connectivity index (χ1v) is 7.28. The molecule has 1 aromatic heterocycles. The van der Waals surface area contributed by atoms with Gasteiger partial charge in [-0.2, -0.15) is 5.26 Å². The minimum Gasteiger partial charge on any atom is -0.294 e. The van der Waals surface area contributed by atoms with Crippen molar-refractivity contribution in [3.63, 3.8) is 0 Å². The lowest BCUT2D eigenvalue weighted by Crippen LogP contribution is -2.00. The first kappa shape index (κ1) is 15.2. The van der Waals surface area contributed by atoms with E-state index in [0.717, 1.165) is 17.0 Å². The molecule has 2 aromatic rings. The summed E-state index contributed by atoms with van der Waals surface area (Å²) < 4.78 is 0. The van der Waals surface area contributed by atoms with Crippen LogP contribution in [-0.4, -0.2) is 15.8 Å². The summed E-state index contributed by atoms with van der Waals surface area (Å²) in [6.07, 6.45) is 0. The van der Waals surface area contributed by atoms with Gasteiger partial charge in [-0.25, -0.2) is 9.97 Å². The van der Waals surface area contributed by atoms with Crippen molar-refractivity contribution in [2.24, 2.45) is 0 Å². The molecule has 0 aliphatic heterocycles. The second-order valence-corrected chi connectivity index (χ2v) is 5.79. The van der Waals surface area contributed by atoms with Gasteiger partial charge in [-0.15, -0.1) is 0 Å². The molecule has 0 saturated heterocycles. The van der Waals surface area contributed by atoms with Gasteiger partial charge in [0.25, 0.3) is 0 Å². The molecule has 1 aromatic carbocycles. The Morgan fingerprint density at radius 2 is 1.81 bits per heavy atom. The molecule has 0 N–H and O–H groups in total. The molecular weight excluding hydrogens is 282 g/mol. The Morgan fingerprint density at radius 1 is 1.19 bits per heavy atom. The zero-order valence-electron chi connectivity index (χ0n) is 12.4. The van der Waals surface area contributed by atoms with E-state index in [-0.39, 0.29) is 5.78 Å². The Hall–Kier alpha value is -2.19. The summed E-state index contributed by atoms with van der Waals surface area (Å²) in [6, 6.07) is 7.11. The molecule has 4 nitrogen and oxygen atoms in total. The number of ketones is 1. The Kier molecular flexibility index (Phi) is 4.39. The van der Waals surface area contributed by atoms with Crippen LogP contribution in [0.15, 0.2) is 28.3 Å². The number of hydrogen-bond donors (Lipinski definition) is 0. The summed E-state index contributed by atoms with van der Waals surface area (Å²) in [5.74, 6) is -0.0393. The number of rotatable bonds is 3. The fourth-order valence-electron chi connectivity index (χ4n) is 1.85. The minimum absolute atomic E-state index is 0.0393. The number of carbonyl (C=O) groups excluding carboxylic acids is 1. The van der Waals surface area contributed by atoms with Crippen LogP contribution >= 0.6 is 11.8 Å². The molecule has 21 heavy (non-hydrogen) atoms. The van der Waals surface area contributed by atoms with Crippen molar-refractivity contribution in [1.29, 1.82) is 5.26 Å². The van der Waals surface area contributed by atoms with Crippen LogP contribution in [0.4, 0.5) is 0 Å². The SMILES string of the molecule is CC(=O)c1ccc(C#N)cc1Sc1nc(C)c(C)c(C)n1. The zero-order chi connectivity index (χ0) is 15.6. The van der Waals surface area contributed by atoms with Crippen molar-refractivity contribution in [3.05, 3.63) is 46.3 Å². The molecule has 0 saturated carbocycles. The van der Waals surface area contributed by atoms with Crippen molar-refractivity contribution >= 4 is 17.5 Å². The molecule has 5 heteroatoms. The summed E-state index contributed by atoms with van der Waals surface area (Å²) in [7, 11) is 0. The molecule has 106 valence electrons. The third-order valence-corrected chi connectivity index (χ3v) is 4.23. The Balaban J connectivity index is 2.48. The van der Waals surface area contributed by atoms with Gasteiger partial charge < -0.3 is 0 Å². The van der Waals surface area contributed by atoms with E-state index < -0.39 is 0 Å². The highest BCUT2D eigenvalue weighted by molar-refractivity contribution is 7.99. The van der Waals surface area contributed by atoms with E-state index in [1.807, 2.05) is 20.8 Å². The number of benzene rings is 1. The van der Waals surface area contributed by atoms with E-state index in [1.165, 1.54) is 18.7 Å². The summed E-state index contributed by atoms with van der Waals surface area (Å²) in [4.78, 5) is 21.3. The first-order valence-electron chi connectivity index (χ1n) is 6.47. The van der Waals surface area contributed by atoms with Gasteiger partial charge in [-0.05, 0) is 63.2 Å². The van der Waals surface area contributed by atoms with E-state index in [0.29, 0.717) is 21.2 Å². The average molecular weight is 297 g/mol. The molecule has 0 bridgehead atoms. The monoisotopic (exact) mass is 297 g/mol. The largest absolute Gasteiger partial charge is 0.294 e. The molecule has 0 radical (unpaired) electrons. The van der Waals surface area contributed by atoms with Gasteiger partial charge in [0.2, 0.25) is 0 Å². The van der Waals surface area contributed by atoms with Gasteiger partial charge in [0.15, 0.2) is 10.9 Å². The molecule has 0 amide bonds. The van der Waals surface area contributed by atoms with Crippen molar-refractivity contribution in [1.82, 2.24) is 9.97 Å². The first-order chi connectivity index (χ1) is 9.92. The number of nitrogens with zero attached hydrogens (tertiary/aromatic N) is 3. The zero-order valence-corrected chi connectivity index (χ0v) is 13.2. The van der Waals surface area contributed by atoms with E-state index in [4.69, 9.17) is 5.26 Å². The summed E-state index contributed by atoms with van der Waals surface area (Å²) in [5, 5.41) is 9.60. The second kappa shape index (κ2) is 6.06. The predicted octanol–water partition coefficient (Wildman–Crippen LogP) is 3.63. The van der Waals surface area contributed by atoms with Gasteiger partial charge in [0.05, 0.1) is 11.6 Å². The predicted molar refractivity (Wildman–Crippen MR) is 81.5 cm³/mol. The maximum atomic E-state index is 11.7. The Morgan fingerprint density at radius 3 is 2.33 bits per heavy atom. The molecule has 0 aliphatic rings. The number of hydrogen-bond acceptors (Lipinski definition) is 5. The standard InChI is InChI=1S/C16H15N3OS/c1-9-10(2)18-16(19-11(9)3)21-15-7-13(8-17)5-6-14(15)12(4)20/h5-7H,1-4H3. The lowest BCUT2D eigenvalue weighted by molar-refractivity contribution is 0.101. The fourth-order valence-corrected chi connectivity index (χ4v) is 2.92. The van der Waals surface area contributed by atoms with Crippen molar-refractivity contribution in [2.45, 2.75) is 37.7 Å². The average Bonchev–Trinajstić information content (AvgIpc) is 2.44. The topological polar surface area (TPSA) is 66.6 Å². The van der Waals surface area contributed by atoms with Crippen LogP contribution < -0.4 is 0 Å². The van der Waals surface area contributed by atoms with Gasteiger partial charge in [-0.3, -0.25) is 4.79 Å². The third-order valence-electron chi connectivity index (χ3n) is 3.30. The molecule has 0 aliphatic carbocycles. The van der Waals surface area contributed by atoms with Crippen LogP contribution in [0.25, 0.3) is 0 Å². The summed E-state index contributed by atoms with van der Waals surface area (Å²) in [5.41, 5.74) is 4.01. The van der Waals surface area contributed by atoms with Crippen molar-refractivity contribution in [3.8, 4) is 6.07 Å². The number of nitriles is 1. The number of aryl methyl sites for hydroxylation is 2. The van der Waals surface area contributed by atoms with Crippen LogP contribution in [0, 0.1) is 32.1 Å². The van der Waals surface area contributed by atoms with Crippen LogP contribution in [0.1, 0.15) is 39.8 Å². The number of carbonyl (C=O) groups is 1. The quantitative estimate of drug-likeness (QED) is 0.639. The fraction of sp³-hybridized carbons (Fsp3) is 0.250. The van der Waals surface area contributed by atoms with Crippen LogP contribution in [0.5, 0.6) is 0 Å². The Labute approximate surface area is 128 Å². The van der Waals surface area contributed by atoms with E-state index >= 15 is 0 Å². The molecule has 0 atom stereocenters. The second-order valence-electron chi connectivity index (χ2n) is 4.78. The van der Waals surface area contributed by atoms with E-state index in [2.05, 4.69) is 16.0 Å². The molecular formula is C16H15N3OS. The van der Waals surface area contributed by atoms with Gasteiger partial charge in [-0.1, -0.05) is 0 Å². The van der Waals surface area contributed by atoms with E-state index in [9.17, 15) is 4.79 Å². The smallest absolute Gasteiger partial charge is 0.192 e. The minimum atomic E-state index is -0.0393. The molecule has 0 unspecified atom stereocenters. The van der Waals surface area contributed by atoms with Gasteiger partial charge in [0, 0.05) is 21.8 Å². The van der Waals surface area contributed by atoms with Crippen molar-refractivity contribution in [2.75, 3.05) is 0 Å². The van der Waals surface area contributed by atoms with Gasteiger partial charge in [0.1, 0.15) is 0 Å². The maximum absolute atomic E-state index is 11.7. The third kappa shape index (κ3) is 3.29. The van der Waals surface area contributed by atoms with E-state index in [1.54, 1.807) is 18.2 Å². The highest BCUT2D eigenvalue weighted by Crippen LogP contribution is 2.30. The summed E-state index contributed by atoms with van der Waals surface area (Å²) >= 11 is 1.31. The lowest BCUT2D eigenvalue weighted by Gasteiger charge is -2.09. The number of aromatic nitrogens is 2. The molecule has 1 heterocycles. The van der Waals surface area contributed by atoms with Crippen molar-refractivity contribution < 1.29 is 4.79 Å². The van der Waals surface area contributed by atoms with Crippen LogP contribution in [-0.2, 0) is 0 Å². The normalized spacial score (nSPS) is 10.2. The maximum Gasteiger partial charge on any atom is 0.192 e. The molecule has 0 spiro atoms. The number of Topliss-reactive ketones (excluding diaryl/α,β-unsaturated/α-hetero) is 1. The molecule has 0 fully saturated rings. The Bertz CT molecular complexity index is 740. The highest BCUT2D eigenvalue weighted by atomic mass is 32.2. The lowest BCUT2D eigenvalue weighted by atomic mass is 10.1. The highest BCUT2D eigenvalue weighted by Gasteiger charge is 2.13. The molecule has 2 rings (SSSR count). The van der Waals surface area contributed by atoms with Crippen LogP contribution in [0.3, 0.4) is 0 Å². The van der Waals surface area contributed by atoms with Crippen LogP contribution in [0.2, 0.25) is 0 Å².